The van der Waals surface area contributed by atoms with Crippen molar-refractivity contribution in [1.29, 1.82) is 0 Å². The van der Waals surface area contributed by atoms with Crippen molar-refractivity contribution >= 4 is 0 Å². The fourth-order valence-electron chi connectivity index (χ4n) is 2.19. The van der Waals surface area contributed by atoms with Gasteiger partial charge in [0.15, 0.2) is 0 Å². The predicted octanol–water partition coefficient (Wildman–Crippen LogP) is 2.79. The number of benzene rings is 1. The summed E-state index contributed by atoms with van der Waals surface area (Å²) < 4.78 is 18.9. The average molecular weight is 237 g/mol. The number of ether oxygens (including phenoxy) is 1. The number of rotatable bonds is 3. The lowest BCUT2D eigenvalue weighted by Gasteiger charge is -2.28. The quantitative estimate of drug-likeness (QED) is 0.872. The van der Waals surface area contributed by atoms with E-state index in [1.54, 1.807) is 13.0 Å². The molecule has 1 aliphatic heterocycles. The summed E-state index contributed by atoms with van der Waals surface area (Å²) in [6.07, 6.45) is 2.41. The van der Waals surface area contributed by atoms with Crippen LogP contribution < -0.4 is 5.32 Å². The van der Waals surface area contributed by atoms with Crippen LogP contribution in [0.15, 0.2) is 18.2 Å². The zero-order valence-corrected chi connectivity index (χ0v) is 10.5. The Hall–Kier alpha value is -0.930. The topological polar surface area (TPSA) is 21.3 Å². The molecular weight excluding hydrogens is 217 g/mol. The molecule has 1 fully saturated rings. The Morgan fingerprint density at radius 2 is 2.29 bits per heavy atom. The number of nitrogens with one attached hydrogen (secondary N) is 1. The molecule has 2 atom stereocenters. The van der Waals surface area contributed by atoms with Crippen LogP contribution in [0.1, 0.15) is 30.9 Å². The van der Waals surface area contributed by atoms with Crippen LogP contribution in [0.2, 0.25) is 0 Å². The van der Waals surface area contributed by atoms with Crippen LogP contribution in [0.25, 0.3) is 0 Å². The van der Waals surface area contributed by atoms with E-state index in [0.29, 0.717) is 17.7 Å². The van der Waals surface area contributed by atoms with E-state index in [-0.39, 0.29) is 5.82 Å². The molecule has 0 spiro atoms. The first kappa shape index (κ1) is 12.5. The summed E-state index contributed by atoms with van der Waals surface area (Å²) in [6.45, 7) is 5.43. The minimum atomic E-state index is -0.121. The van der Waals surface area contributed by atoms with Gasteiger partial charge in [-0.1, -0.05) is 12.1 Å². The second-order valence-corrected chi connectivity index (χ2v) is 4.87. The molecule has 2 nitrogen and oxygen atoms in total. The molecule has 1 aromatic rings. The van der Waals surface area contributed by atoms with Crippen molar-refractivity contribution in [3.05, 3.63) is 35.1 Å². The van der Waals surface area contributed by atoms with Gasteiger partial charge < -0.3 is 10.1 Å². The first-order valence-corrected chi connectivity index (χ1v) is 6.25. The van der Waals surface area contributed by atoms with Gasteiger partial charge in [-0.25, -0.2) is 4.39 Å². The predicted molar refractivity (Wildman–Crippen MR) is 66.4 cm³/mol. The Bertz CT molecular complexity index is 380. The zero-order chi connectivity index (χ0) is 12.3. The van der Waals surface area contributed by atoms with E-state index in [9.17, 15) is 4.39 Å². The van der Waals surface area contributed by atoms with Gasteiger partial charge in [-0.3, -0.25) is 0 Å². The number of hydrogen-bond acceptors (Lipinski definition) is 2. The van der Waals surface area contributed by atoms with Gasteiger partial charge in [0, 0.05) is 19.2 Å². The summed E-state index contributed by atoms with van der Waals surface area (Å²) in [6, 6.07) is 5.92. The third kappa shape index (κ3) is 3.51. The Morgan fingerprint density at radius 1 is 1.47 bits per heavy atom. The molecule has 0 aliphatic carbocycles. The second-order valence-electron chi connectivity index (χ2n) is 4.87. The summed E-state index contributed by atoms with van der Waals surface area (Å²) >= 11 is 0. The summed E-state index contributed by atoms with van der Waals surface area (Å²) in [5.41, 5.74) is 1.71. The lowest BCUT2D eigenvalue weighted by Crippen LogP contribution is -2.37. The molecule has 1 heterocycles. The van der Waals surface area contributed by atoms with Crippen molar-refractivity contribution in [3.8, 4) is 0 Å². The van der Waals surface area contributed by atoms with Crippen LogP contribution in [-0.4, -0.2) is 18.8 Å². The van der Waals surface area contributed by atoms with Crippen molar-refractivity contribution in [2.24, 2.45) is 0 Å². The van der Waals surface area contributed by atoms with Gasteiger partial charge >= 0.3 is 0 Å². The first-order valence-electron chi connectivity index (χ1n) is 6.25. The maximum absolute atomic E-state index is 13.4. The minimum absolute atomic E-state index is 0.121. The summed E-state index contributed by atoms with van der Waals surface area (Å²) in [4.78, 5) is 0. The molecule has 1 N–H and O–H groups in total. The summed E-state index contributed by atoms with van der Waals surface area (Å²) in [5.74, 6) is -0.121. The largest absolute Gasteiger partial charge is 0.378 e. The third-order valence-electron chi connectivity index (χ3n) is 3.32. The molecule has 1 saturated heterocycles. The van der Waals surface area contributed by atoms with E-state index >= 15 is 0 Å². The van der Waals surface area contributed by atoms with Gasteiger partial charge in [-0.05, 0) is 43.9 Å². The first-order chi connectivity index (χ1) is 8.15. The van der Waals surface area contributed by atoms with Crippen LogP contribution in [0.3, 0.4) is 0 Å². The van der Waals surface area contributed by atoms with Crippen molar-refractivity contribution in [1.82, 2.24) is 5.32 Å². The summed E-state index contributed by atoms with van der Waals surface area (Å²) in [5, 5.41) is 3.47. The molecule has 17 heavy (non-hydrogen) atoms. The van der Waals surface area contributed by atoms with Crippen LogP contribution >= 0.6 is 0 Å². The van der Waals surface area contributed by atoms with Crippen molar-refractivity contribution < 1.29 is 9.13 Å². The lowest BCUT2D eigenvalue weighted by atomic mass is 10.0. The molecule has 0 amide bonds. The number of halogens is 1. The lowest BCUT2D eigenvalue weighted by molar-refractivity contribution is 0.0130. The molecule has 0 saturated carbocycles. The molecule has 3 heteroatoms. The molecule has 94 valence electrons. The van der Waals surface area contributed by atoms with E-state index in [1.165, 1.54) is 0 Å². The molecule has 1 aliphatic rings. The highest BCUT2D eigenvalue weighted by Crippen LogP contribution is 2.14. The van der Waals surface area contributed by atoms with E-state index in [1.807, 2.05) is 12.1 Å². The third-order valence-corrected chi connectivity index (χ3v) is 3.32. The minimum Gasteiger partial charge on any atom is -0.378 e. The zero-order valence-electron chi connectivity index (χ0n) is 10.5. The Morgan fingerprint density at radius 3 is 3.00 bits per heavy atom. The van der Waals surface area contributed by atoms with E-state index in [2.05, 4.69) is 12.2 Å². The standard InChI is InChI=1S/C14H20FNO/c1-10-3-4-12(8-14(10)15)9-16-13-5-6-17-11(2)7-13/h3-4,8,11,13,16H,5-7,9H2,1-2H3. The van der Waals surface area contributed by atoms with Crippen molar-refractivity contribution in [3.63, 3.8) is 0 Å². The molecule has 1 aromatic carbocycles. The maximum atomic E-state index is 13.4. The SMILES string of the molecule is Cc1ccc(CNC2CCOC(C)C2)cc1F. The molecular formula is C14H20FNO. The van der Waals surface area contributed by atoms with Gasteiger partial charge in [0.1, 0.15) is 5.82 Å². The van der Waals surface area contributed by atoms with E-state index in [0.717, 1.165) is 31.6 Å². The molecule has 0 bridgehead atoms. The molecule has 0 aromatic heterocycles. The van der Waals surface area contributed by atoms with Crippen LogP contribution in [0.5, 0.6) is 0 Å². The fraction of sp³-hybridized carbons (Fsp3) is 0.571. The van der Waals surface area contributed by atoms with Gasteiger partial charge in [0.05, 0.1) is 6.10 Å². The van der Waals surface area contributed by atoms with Gasteiger partial charge in [0.25, 0.3) is 0 Å². The van der Waals surface area contributed by atoms with Crippen LogP contribution in [-0.2, 0) is 11.3 Å². The molecule has 2 unspecified atom stereocenters. The van der Waals surface area contributed by atoms with Gasteiger partial charge in [0.2, 0.25) is 0 Å². The normalized spacial score (nSPS) is 24.9. The Balaban J connectivity index is 1.86. The monoisotopic (exact) mass is 237 g/mol. The number of hydrogen-bond donors (Lipinski definition) is 1. The van der Waals surface area contributed by atoms with E-state index < -0.39 is 0 Å². The van der Waals surface area contributed by atoms with Gasteiger partial charge in [-0.2, -0.15) is 0 Å². The highest BCUT2D eigenvalue weighted by Gasteiger charge is 2.18. The summed E-state index contributed by atoms with van der Waals surface area (Å²) in [7, 11) is 0. The Kier molecular flexibility index (Phi) is 4.13. The molecule has 2 rings (SSSR count). The Labute approximate surface area is 102 Å². The van der Waals surface area contributed by atoms with Gasteiger partial charge in [-0.15, -0.1) is 0 Å². The smallest absolute Gasteiger partial charge is 0.126 e. The maximum Gasteiger partial charge on any atom is 0.126 e. The van der Waals surface area contributed by atoms with E-state index in [4.69, 9.17) is 4.74 Å². The highest BCUT2D eigenvalue weighted by atomic mass is 19.1. The van der Waals surface area contributed by atoms with Crippen molar-refractivity contribution in [2.45, 2.75) is 45.4 Å². The fourth-order valence-corrected chi connectivity index (χ4v) is 2.19. The second kappa shape index (κ2) is 5.61. The van der Waals surface area contributed by atoms with Crippen LogP contribution in [0.4, 0.5) is 4.39 Å². The van der Waals surface area contributed by atoms with Crippen LogP contribution in [0, 0.1) is 12.7 Å². The number of aryl methyl sites for hydroxylation is 1. The molecule has 0 radical (unpaired) electrons. The highest BCUT2D eigenvalue weighted by molar-refractivity contribution is 5.23. The average Bonchev–Trinajstić information content (AvgIpc) is 2.31. The van der Waals surface area contributed by atoms with Crippen molar-refractivity contribution in [2.75, 3.05) is 6.61 Å².